The number of hydrogen-bond donors (Lipinski definition) is 1. The van der Waals surface area contributed by atoms with Crippen LogP contribution in [0.1, 0.15) is 297 Å². The molecule has 0 aromatic heterocycles. The molecule has 0 aromatic rings. The molecule has 8 rings (SSSR count). The second kappa shape index (κ2) is 26.7. The molecule has 0 heterocycles. The first-order valence-electron chi connectivity index (χ1n) is 27.7. The van der Waals surface area contributed by atoms with Crippen LogP contribution in [-0.2, 0) is 0 Å². The molecule has 0 aromatic carbocycles. The van der Waals surface area contributed by atoms with E-state index in [-0.39, 0.29) is 0 Å². The van der Waals surface area contributed by atoms with Crippen LogP contribution in [0.15, 0.2) is 55.7 Å². The Morgan fingerprint density at radius 3 is 1.60 bits per heavy atom. The molecule has 60 heavy (non-hydrogen) atoms. The third kappa shape index (κ3) is 15.6. The molecule has 3 unspecified atom stereocenters. The van der Waals surface area contributed by atoms with Gasteiger partial charge in [-0.2, -0.15) is 12.6 Å². The van der Waals surface area contributed by atoms with Gasteiger partial charge in [0.2, 0.25) is 0 Å². The van der Waals surface area contributed by atoms with Gasteiger partial charge in [0.15, 0.2) is 0 Å². The summed E-state index contributed by atoms with van der Waals surface area (Å²) >= 11 is 5.53. The summed E-state index contributed by atoms with van der Waals surface area (Å²) in [6, 6.07) is 0. The van der Waals surface area contributed by atoms with E-state index in [1.165, 1.54) is 276 Å². The molecule has 0 spiro atoms. The lowest BCUT2D eigenvalue weighted by Gasteiger charge is -2.36. The van der Waals surface area contributed by atoms with E-state index in [2.05, 4.69) is 20.8 Å². The van der Waals surface area contributed by atoms with Crippen molar-refractivity contribution in [3.8, 4) is 0 Å². The third-order valence-electron chi connectivity index (χ3n) is 17.2. The monoisotopic (exact) mass is 839 g/mol. The van der Waals surface area contributed by atoms with Crippen molar-refractivity contribution in [3.05, 3.63) is 55.7 Å². The summed E-state index contributed by atoms with van der Waals surface area (Å²) in [6.45, 7) is 7.43. The maximum atomic E-state index is 5.53. The average Bonchev–Trinajstić information content (AvgIpc) is 3.99. The molecule has 1 heteroatoms. The zero-order valence-corrected chi connectivity index (χ0v) is 41.4. The maximum Gasteiger partial charge on any atom is 0.0447 e. The van der Waals surface area contributed by atoms with Gasteiger partial charge >= 0.3 is 0 Å². The molecule has 0 radical (unpaired) electrons. The van der Waals surface area contributed by atoms with E-state index >= 15 is 0 Å². The van der Waals surface area contributed by atoms with Crippen LogP contribution < -0.4 is 0 Å². The Morgan fingerprint density at radius 1 is 0.417 bits per heavy atom. The molecule has 8 aliphatic rings. The Bertz CT molecular complexity index is 1450. The van der Waals surface area contributed by atoms with Crippen molar-refractivity contribution in [2.75, 3.05) is 0 Å². The fourth-order valence-electron chi connectivity index (χ4n) is 12.8. The Morgan fingerprint density at radius 2 is 0.917 bits per heavy atom. The van der Waals surface area contributed by atoms with E-state index in [1.54, 1.807) is 11.1 Å². The number of hydrogen-bond acceptors (Lipinski definition) is 1. The summed E-state index contributed by atoms with van der Waals surface area (Å²) < 4.78 is 0. The fraction of sp³-hybridized carbons (Fsp3) is 0.831. The molecule has 340 valence electrons. The van der Waals surface area contributed by atoms with Crippen LogP contribution in [0.3, 0.4) is 0 Å². The zero-order chi connectivity index (χ0) is 41.8. The normalized spacial score (nSPS) is 31.2. The summed E-state index contributed by atoms with van der Waals surface area (Å²) in [7, 11) is 0. The highest BCUT2D eigenvalue weighted by atomic mass is 32.1. The lowest BCUT2D eigenvalue weighted by atomic mass is 9.73. The molecule has 4 fully saturated rings. The molecule has 8 bridgehead atoms. The van der Waals surface area contributed by atoms with Gasteiger partial charge in [-0.05, 0) is 165 Å². The molecule has 3 atom stereocenters. The minimum Gasteiger partial charge on any atom is -0.167 e. The summed E-state index contributed by atoms with van der Waals surface area (Å²) in [5.41, 5.74) is 19.3. The van der Waals surface area contributed by atoms with Gasteiger partial charge in [0.1, 0.15) is 0 Å². The van der Waals surface area contributed by atoms with Crippen LogP contribution in [0.2, 0.25) is 0 Å². The van der Waals surface area contributed by atoms with Crippen LogP contribution in [0.4, 0.5) is 0 Å². The van der Waals surface area contributed by atoms with E-state index in [0.717, 1.165) is 5.92 Å². The number of allylic oxidation sites excluding steroid dienone is 8. The van der Waals surface area contributed by atoms with Crippen LogP contribution in [0, 0.1) is 11.3 Å². The van der Waals surface area contributed by atoms with E-state index in [4.69, 9.17) is 12.6 Å². The number of unbranched alkanes of at least 4 members (excludes halogenated alkanes) is 9. The van der Waals surface area contributed by atoms with E-state index in [9.17, 15) is 0 Å². The van der Waals surface area contributed by atoms with Crippen molar-refractivity contribution in [1.29, 1.82) is 0 Å². The minimum atomic E-state index is 0.426. The lowest BCUT2D eigenvalue weighted by Crippen LogP contribution is -2.24. The minimum absolute atomic E-state index is 0.426. The van der Waals surface area contributed by atoms with Crippen LogP contribution in [0.5, 0.6) is 0 Å². The SMILES string of the molecule is CCCCCCCC/C1=C2/C/C(=C3/CCCCCC4(C)CCCCCCCC(CCCCCCC)=C5CC(=C(CCC4)CC/C(=C4/CC4CCCCCCC1)CC3)C5)C2S. The Hall–Kier alpha value is -0.950. The zero-order valence-electron chi connectivity index (χ0n) is 40.5. The summed E-state index contributed by atoms with van der Waals surface area (Å²) in [6.07, 6.45) is 60.7. The van der Waals surface area contributed by atoms with E-state index < -0.39 is 0 Å². The first-order valence-corrected chi connectivity index (χ1v) is 28.2. The van der Waals surface area contributed by atoms with Crippen LogP contribution in [-0.4, -0.2) is 5.25 Å². The lowest BCUT2D eigenvalue weighted by molar-refractivity contribution is 0.225. The first-order chi connectivity index (χ1) is 29.5. The van der Waals surface area contributed by atoms with Gasteiger partial charge in [0.05, 0.1) is 0 Å². The van der Waals surface area contributed by atoms with Crippen molar-refractivity contribution in [2.24, 2.45) is 11.3 Å². The van der Waals surface area contributed by atoms with Crippen molar-refractivity contribution in [1.82, 2.24) is 0 Å². The molecular weight excluding hydrogens is 741 g/mol. The van der Waals surface area contributed by atoms with Crippen LogP contribution >= 0.6 is 12.6 Å². The Labute approximate surface area is 380 Å². The molecule has 0 N–H and O–H groups in total. The van der Waals surface area contributed by atoms with Crippen molar-refractivity contribution in [3.63, 3.8) is 0 Å². The van der Waals surface area contributed by atoms with Crippen molar-refractivity contribution >= 4 is 12.6 Å². The molecule has 0 aliphatic heterocycles. The Kier molecular flexibility index (Phi) is 21.6. The summed E-state index contributed by atoms with van der Waals surface area (Å²) in [5, 5.41) is 0.426. The van der Waals surface area contributed by atoms with Gasteiger partial charge in [-0.3, -0.25) is 0 Å². The number of thiol groups is 1. The predicted octanol–water partition coefficient (Wildman–Crippen LogP) is 20.3. The average molecular weight is 839 g/mol. The fourth-order valence-corrected chi connectivity index (χ4v) is 13.4. The summed E-state index contributed by atoms with van der Waals surface area (Å²) in [4.78, 5) is 0. The molecular formula is C59H98S. The van der Waals surface area contributed by atoms with Gasteiger partial charge in [-0.15, -0.1) is 0 Å². The second-order valence-electron chi connectivity index (χ2n) is 22.1. The standard InChI is InChI=1S/C59H98S/c1-4-6-8-10-14-22-31-49-32-23-15-11-16-24-34-52-45-55(52)51-37-36-48-35-28-42-59(3,41-27-19-25-33-50(38-39-51)57-46-56(49)58(57)60)40-26-18-12-17-21-30-47(53-43-54(48)44-53)29-20-13-9-7-5-2/h52,58,60H,4-46H2,1-3H3/b53-47?,54-48?,55-51+,56-49+,57-50+. The quantitative estimate of drug-likeness (QED) is 0.107. The Balaban J connectivity index is 1.24. The molecule has 0 saturated heterocycles. The van der Waals surface area contributed by atoms with Gasteiger partial charge in [0.25, 0.3) is 0 Å². The molecule has 0 nitrogen and oxygen atoms in total. The highest BCUT2D eigenvalue weighted by Gasteiger charge is 2.35. The van der Waals surface area contributed by atoms with E-state index in [1.807, 2.05) is 44.6 Å². The number of rotatable bonds is 13. The highest BCUT2D eigenvalue weighted by Crippen LogP contribution is 2.50. The largest absolute Gasteiger partial charge is 0.167 e. The van der Waals surface area contributed by atoms with Crippen molar-refractivity contribution < 1.29 is 0 Å². The van der Waals surface area contributed by atoms with Gasteiger partial charge < -0.3 is 0 Å². The summed E-state index contributed by atoms with van der Waals surface area (Å²) in [5.74, 6) is 0.921. The van der Waals surface area contributed by atoms with Crippen molar-refractivity contribution in [2.45, 2.75) is 302 Å². The topological polar surface area (TPSA) is 0 Å². The maximum absolute atomic E-state index is 5.53. The first kappa shape index (κ1) is 48.5. The molecule has 8 aliphatic carbocycles. The molecule has 4 saturated carbocycles. The predicted molar refractivity (Wildman–Crippen MR) is 269 cm³/mol. The molecule has 0 amide bonds. The van der Waals surface area contributed by atoms with Gasteiger partial charge in [-0.25, -0.2) is 0 Å². The highest BCUT2D eigenvalue weighted by molar-refractivity contribution is 7.81. The number of fused-ring (bicyclic) bond motifs is 14. The van der Waals surface area contributed by atoms with Gasteiger partial charge in [0, 0.05) is 5.25 Å². The van der Waals surface area contributed by atoms with Gasteiger partial charge in [-0.1, -0.05) is 198 Å². The smallest absolute Gasteiger partial charge is 0.0447 e. The van der Waals surface area contributed by atoms with Crippen LogP contribution in [0.25, 0.3) is 0 Å². The van der Waals surface area contributed by atoms with E-state index in [0.29, 0.717) is 10.7 Å². The second-order valence-corrected chi connectivity index (χ2v) is 22.6. The third-order valence-corrected chi connectivity index (χ3v) is 17.9.